The monoisotopic (exact) mass is 436 g/mol. The number of halogens is 3. The number of benzene rings is 1. The Kier molecular flexibility index (Phi) is 9.11. The molecule has 7 nitrogen and oxygen atoms in total. The Hall–Kier alpha value is -3.30. The van der Waals surface area contributed by atoms with E-state index in [1.165, 1.54) is 12.3 Å². The predicted molar refractivity (Wildman–Crippen MR) is 115 cm³/mol. The van der Waals surface area contributed by atoms with Gasteiger partial charge in [-0.3, -0.25) is 9.79 Å². The lowest BCUT2D eigenvalue weighted by Gasteiger charge is -2.15. The summed E-state index contributed by atoms with van der Waals surface area (Å²) in [5, 5.41) is 11.5. The number of hydrogen-bond acceptors (Lipinski definition) is 4. The number of carbonyl (C=O) groups is 1. The summed E-state index contributed by atoms with van der Waals surface area (Å²) >= 11 is 0. The second-order valence-electron chi connectivity index (χ2n) is 6.54. The van der Waals surface area contributed by atoms with Gasteiger partial charge in [-0.05, 0) is 43.2 Å². The van der Waals surface area contributed by atoms with Crippen LogP contribution in [0.15, 0.2) is 47.6 Å². The number of aliphatic imine (C=N–C) groups is 1. The first kappa shape index (κ1) is 24.0. The average Bonchev–Trinajstić information content (AvgIpc) is 2.76. The number of nitrogens with zero attached hydrogens (tertiary/aromatic N) is 2. The van der Waals surface area contributed by atoms with Crippen molar-refractivity contribution in [3.63, 3.8) is 0 Å². The number of pyridine rings is 1. The number of anilines is 1. The van der Waals surface area contributed by atoms with Crippen molar-refractivity contribution in [1.82, 2.24) is 20.9 Å². The smallest absolute Gasteiger partial charge is 0.368 e. The Morgan fingerprint density at radius 3 is 2.65 bits per heavy atom. The van der Waals surface area contributed by atoms with E-state index in [4.69, 9.17) is 0 Å². The fourth-order valence-corrected chi connectivity index (χ4v) is 2.79. The molecule has 0 bridgehead atoms. The molecule has 4 N–H and O–H groups in total. The van der Waals surface area contributed by atoms with Crippen molar-refractivity contribution in [1.29, 1.82) is 0 Å². The molecule has 0 spiro atoms. The summed E-state index contributed by atoms with van der Waals surface area (Å²) < 4.78 is 39.0. The van der Waals surface area contributed by atoms with Gasteiger partial charge < -0.3 is 21.3 Å². The molecule has 0 atom stereocenters. The zero-order valence-electron chi connectivity index (χ0n) is 17.5. The lowest BCUT2D eigenvalue weighted by Crippen LogP contribution is -2.39. The lowest BCUT2D eigenvalue weighted by molar-refractivity contribution is -0.137. The highest BCUT2D eigenvalue weighted by atomic mass is 19.4. The van der Waals surface area contributed by atoms with Crippen molar-refractivity contribution in [2.24, 2.45) is 4.99 Å². The summed E-state index contributed by atoms with van der Waals surface area (Å²) in [6.07, 6.45) is -2.51. The minimum atomic E-state index is -4.46. The highest BCUT2D eigenvalue weighted by Crippen LogP contribution is 2.33. The van der Waals surface area contributed by atoms with Gasteiger partial charge in [-0.2, -0.15) is 13.2 Å². The third kappa shape index (κ3) is 7.80. The zero-order chi connectivity index (χ0) is 22.7. The van der Waals surface area contributed by atoms with Crippen LogP contribution in [0.1, 0.15) is 28.4 Å². The van der Waals surface area contributed by atoms with Crippen LogP contribution in [-0.2, 0) is 12.6 Å². The van der Waals surface area contributed by atoms with Crippen molar-refractivity contribution < 1.29 is 18.0 Å². The summed E-state index contributed by atoms with van der Waals surface area (Å²) in [7, 11) is 1.58. The maximum absolute atomic E-state index is 13.0. The normalized spacial score (nSPS) is 11.7. The Bertz CT molecular complexity index is 885. The molecule has 2 rings (SSSR count). The number of aromatic nitrogens is 1. The van der Waals surface area contributed by atoms with Crippen LogP contribution in [0.2, 0.25) is 0 Å². The molecular formula is C21H27F3N6O. The number of nitrogens with one attached hydrogen (secondary N) is 4. The Balaban J connectivity index is 1.87. The van der Waals surface area contributed by atoms with Crippen LogP contribution >= 0.6 is 0 Å². The van der Waals surface area contributed by atoms with E-state index in [2.05, 4.69) is 31.2 Å². The molecule has 10 heteroatoms. The molecule has 1 amide bonds. The first-order chi connectivity index (χ1) is 14.8. The van der Waals surface area contributed by atoms with Crippen LogP contribution in [0.25, 0.3) is 0 Å². The second kappa shape index (κ2) is 11.8. The van der Waals surface area contributed by atoms with Gasteiger partial charge in [-0.15, -0.1) is 0 Å². The fourth-order valence-electron chi connectivity index (χ4n) is 2.79. The summed E-state index contributed by atoms with van der Waals surface area (Å²) in [5.74, 6) is 0.216. The maximum Gasteiger partial charge on any atom is 0.419 e. The van der Waals surface area contributed by atoms with Crippen molar-refractivity contribution >= 4 is 17.7 Å². The largest absolute Gasteiger partial charge is 0.419 e. The van der Waals surface area contributed by atoms with Crippen LogP contribution in [-0.4, -0.2) is 50.1 Å². The molecule has 0 saturated heterocycles. The molecule has 0 fully saturated rings. The number of alkyl halides is 3. The number of hydrogen-bond donors (Lipinski definition) is 4. The average molecular weight is 436 g/mol. The summed E-state index contributed by atoms with van der Waals surface area (Å²) in [6, 6.07) is 9.57. The molecule has 1 heterocycles. The summed E-state index contributed by atoms with van der Waals surface area (Å²) in [4.78, 5) is 20.0. The topological polar surface area (TPSA) is 90.4 Å². The number of guanidine groups is 1. The molecule has 0 saturated carbocycles. The van der Waals surface area contributed by atoms with Crippen LogP contribution in [0.5, 0.6) is 0 Å². The van der Waals surface area contributed by atoms with Gasteiger partial charge in [0, 0.05) is 45.0 Å². The van der Waals surface area contributed by atoms with Gasteiger partial charge in [0.05, 0.1) is 5.56 Å². The number of amides is 1. The van der Waals surface area contributed by atoms with Crippen molar-refractivity contribution in [3.8, 4) is 0 Å². The first-order valence-electron chi connectivity index (χ1n) is 9.94. The first-order valence-corrected chi connectivity index (χ1v) is 9.94. The molecule has 2 aromatic rings. The van der Waals surface area contributed by atoms with E-state index in [-0.39, 0.29) is 18.3 Å². The van der Waals surface area contributed by atoms with E-state index >= 15 is 0 Å². The van der Waals surface area contributed by atoms with Gasteiger partial charge >= 0.3 is 6.18 Å². The van der Waals surface area contributed by atoms with Gasteiger partial charge in [-0.25, -0.2) is 4.98 Å². The lowest BCUT2D eigenvalue weighted by atomic mass is 10.1. The highest BCUT2D eigenvalue weighted by molar-refractivity contribution is 5.94. The summed E-state index contributed by atoms with van der Waals surface area (Å²) in [6.45, 7) is 3.64. The molecule has 0 unspecified atom stereocenters. The predicted octanol–water partition coefficient (Wildman–Crippen LogP) is 2.67. The Morgan fingerprint density at radius 2 is 1.94 bits per heavy atom. The van der Waals surface area contributed by atoms with E-state index in [1.54, 1.807) is 13.1 Å². The molecule has 0 aliphatic heterocycles. The van der Waals surface area contributed by atoms with Gasteiger partial charge in [0.15, 0.2) is 5.96 Å². The third-order valence-electron chi connectivity index (χ3n) is 4.25. The second-order valence-corrected chi connectivity index (χ2v) is 6.54. The molecule has 0 aliphatic carbocycles. The van der Waals surface area contributed by atoms with E-state index in [0.29, 0.717) is 37.6 Å². The van der Waals surface area contributed by atoms with Crippen molar-refractivity contribution in [2.75, 3.05) is 38.5 Å². The van der Waals surface area contributed by atoms with E-state index in [9.17, 15) is 18.0 Å². The minimum Gasteiger partial charge on any atom is -0.368 e. The molecule has 0 aliphatic rings. The van der Waals surface area contributed by atoms with Gasteiger partial charge in [-0.1, -0.05) is 12.1 Å². The van der Waals surface area contributed by atoms with Crippen LogP contribution in [0.3, 0.4) is 0 Å². The van der Waals surface area contributed by atoms with E-state index < -0.39 is 11.7 Å². The fraction of sp³-hybridized carbons (Fsp3) is 0.381. The Morgan fingerprint density at radius 1 is 1.13 bits per heavy atom. The molecule has 1 aromatic carbocycles. The molecule has 0 radical (unpaired) electrons. The van der Waals surface area contributed by atoms with E-state index in [1.807, 2.05) is 25.1 Å². The molecule has 31 heavy (non-hydrogen) atoms. The summed E-state index contributed by atoms with van der Waals surface area (Å²) in [5.41, 5.74) is 0.777. The SMILES string of the molecule is CCNC(=NCCc1cccc(C(=O)NC)c1)NCCNc1ncccc1C(F)(F)F. The highest BCUT2D eigenvalue weighted by Gasteiger charge is 2.33. The standard InChI is InChI=1S/C21H27F3N6O/c1-3-26-20(29-11-9-15-6-4-7-16(14-15)19(31)25-2)30-13-12-28-18-17(21(22,23)24)8-5-10-27-18/h4-8,10,14H,3,9,11-13H2,1-2H3,(H,25,31)(H,27,28)(H2,26,29,30). The maximum atomic E-state index is 13.0. The van der Waals surface area contributed by atoms with E-state index in [0.717, 1.165) is 11.6 Å². The van der Waals surface area contributed by atoms with Crippen molar-refractivity contribution in [3.05, 3.63) is 59.3 Å². The Labute approximate surface area is 179 Å². The quantitative estimate of drug-likeness (QED) is 0.276. The molecular weight excluding hydrogens is 409 g/mol. The number of carbonyl (C=O) groups excluding carboxylic acids is 1. The van der Waals surface area contributed by atoms with Gasteiger partial charge in [0.25, 0.3) is 5.91 Å². The van der Waals surface area contributed by atoms with Crippen LogP contribution < -0.4 is 21.3 Å². The molecule has 168 valence electrons. The zero-order valence-corrected chi connectivity index (χ0v) is 17.5. The van der Waals surface area contributed by atoms with Gasteiger partial charge in [0.1, 0.15) is 5.82 Å². The third-order valence-corrected chi connectivity index (χ3v) is 4.25. The van der Waals surface area contributed by atoms with Gasteiger partial charge in [0.2, 0.25) is 0 Å². The molecule has 1 aromatic heterocycles. The van der Waals surface area contributed by atoms with Crippen LogP contribution in [0, 0.1) is 0 Å². The van der Waals surface area contributed by atoms with Crippen molar-refractivity contribution in [2.45, 2.75) is 19.5 Å². The number of rotatable bonds is 9. The minimum absolute atomic E-state index is 0.144. The van der Waals surface area contributed by atoms with Crippen LogP contribution in [0.4, 0.5) is 19.0 Å².